The quantitative estimate of drug-likeness (QED) is 0.311. The maximum Gasteiger partial charge on any atom is 0.219 e. The molecule has 1 atom stereocenters. The second-order valence-electron chi connectivity index (χ2n) is 7.17. The molecule has 0 aromatic heterocycles. The molecule has 3 N–H and O–H groups in total. The Bertz CT molecular complexity index is 406. The third kappa shape index (κ3) is 14.3. The van der Waals surface area contributed by atoms with Crippen molar-refractivity contribution in [1.29, 1.82) is 0 Å². The third-order valence-corrected chi connectivity index (χ3v) is 4.46. The smallest absolute Gasteiger partial charge is 0.219 e. The number of benzene rings is 1. The van der Waals surface area contributed by atoms with Crippen molar-refractivity contribution in [1.82, 2.24) is 5.32 Å². The van der Waals surface area contributed by atoms with Gasteiger partial charge in [-0.1, -0.05) is 95.0 Å². The lowest BCUT2D eigenvalue weighted by Gasteiger charge is -2.26. The first-order chi connectivity index (χ1) is 11.5. The van der Waals surface area contributed by atoms with Gasteiger partial charge in [0.1, 0.15) is 0 Å². The molecule has 0 aliphatic rings. The van der Waals surface area contributed by atoms with Crippen LogP contribution in [0.15, 0.2) is 30.3 Å². The molecular formula is C21H38ClNO2. The molecule has 4 heteroatoms. The molecule has 0 heterocycles. The van der Waals surface area contributed by atoms with Crippen molar-refractivity contribution in [2.45, 2.75) is 96.4 Å². The van der Waals surface area contributed by atoms with Gasteiger partial charge in [-0.2, -0.15) is 0 Å². The van der Waals surface area contributed by atoms with E-state index in [-0.39, 0.29) is 18.4 Å². The monoisotopic (exact) mass is 371 g/mol. The van der Waals surface area contributed by atoms with Crippen LogP contribution < -0.4 is 5.32 Å². The van der Waals surface area contributed by atoms with E-state index in [0.717, 1.165) is 19.3 Å². The van der Waals surface area contributed by atoms with E-state index in [2.05, 4.69) is 24.4 Å². The molecule has 0 aliphatic carbocycles. The van der Waals surface area contributed by atoms with E-state index in [0.29, 0.717) is 0 Å². The third-order valence-electron chi connectivity index (χ3n) is 4.46. The summed E-state index contributed by atoms with van der Waals surface area (Å²) in [4.78, 5) is 0. The van der Waals surface area contributed by atoms with Crippen molar-refractivity contribution in [2.75, 3.05) is 0 Å². The van der Waals surface area contributed by atoms with Crippen LogP contribution in [0.2, 0.25) is 0 Å². The van der Waals surface area contributed by atoms with Crippen LogP contribution in [-0.2, 0) is 6.42 Å². The summed E-state index contributed by atoms with van der Waals surface area (Å²) in [5, 5.41) is 22.2. The zero-order valence-electron chi connectivity index (χ0n) is 16.0. The first kappa shape index (κ1) is 24.4. The van der Waals surface area contributed by atoms with Gasteiger partial charge in [0.2, 0.25) is 5.91 Å². The molecule has 0 spiro atoms. The van der Waals surface area contributed by atoms with Gasteiger partial charge in [0.05, 0.1) is 0 Å². The summed E-state index contributed by atoms with van der Waals surface area (Å²) in [7, 11) is 0. The number of hydrogen-bond donors (Lipinski definition) is 3. The fourth-order valence-electron chi connectivity index (χ4n) is 3.21. The van der Waals surface area contributed by atoms with Crippen LogP contribution in [0.3, 0.4) is 0 Å². The van der Waals surface area contributed by atoms with Crippen molar-refractivity contribution in [3.05, 3.63) is 35.9 Å². The van der Waals surface area contributed by atoms with Crippen LogP contribution >= 0.6 is 12.4 Å². The summed E-state index contributed by atoms with van der Waals surface area (Å²) in [5.41, 5.74) is 1.23. The van der Waals surface area contributed by atoms with E-state index in [9.17, 15) is 10.2 Å². The van der Waals surface area contributed by atoms with Crippen LogP contribution in [-0.4, -0.2) is 22.2 Å². The summed E-state index contributed by atoms with van der Waals surface area (Å²) >= 11 is 0. The molecule has 0 bridgehead atoms. The van der Waals surface area contributed by atoms with E-state index in [1.807, 2.05) is 18.2 Å². The van der Waals surface area contributed by atoms with E-state index in [4.69, 9.17) is 0 Å². The van der Waals surface area contributed by atoms with Gasteiger partial charge in [-0.15, -0.1) is 12.4 Å². The van der Waals surface area contributed by atoms with E-state index >= 15 is 0 Å². The number of nitrogens with one attached hydrogen (secondary N) is 1. The fraction of sp³-hybridized carbons (Fsp3) is 0.714. The Kier molecular flexibility index (Phi) is 14.2. The van der Waals surface area contributed by atoms with Crippen LogP contribution in [0.1, 0.15) is 83.6 Å². The topological polar surface area (TPSA) is 52.5 Å². The molecule has 1 rings (SSSR count). The van der Waals surface area contributed by atoms with Crippen LogP contribution in [0.25, 0.3) is 0 Å². The average molecular weight is 372 g/mol. The van der Waals surface area contributed by atoms with E-state index in [1.54, 1.807) is 0 Å². The van der Waals surface area contributed by atoms with Crippen molar-refractivity contribution < 1.29 is 10.2 Å². The first-order valence-corrected chi connectivity index (χ1v) is 9.77. The first-order valence-electron chi connectivity index (χ1n) is 9.77. The molecule has 1 unspecified atom stereocenters. The molecule has 0 radical (unpaired) electrons. The Balaban J connectivity index is 0.00000576. The minimum atomic E-state index is -1.81. The Morgan fingerprint density at radius 2 is 1.40 bits per heavy atom. The second-order valence-corrected chi connectivity index (χ2v) is 7.17. The molecule has 146 valence electrons. The standard InChI is InChI=1S/C21H37NO2.ClH/c1-3-4-5-6-7-8-9-10-14-17-20(22-21(2,23)24)18-19-15-12-11-13-16-19;/h11-13,15-16,20,22-24H,3-10,14,17-18H2,1-2H3;1H. The predicted octanol–water partition coefficient (Wildman–Crippen LogP) is 5.19. The highest BCUT2D eigenvalue weighted by Gasteiger charge is 2.20. The summed E-state index contributed by atoms with van der Waals surface area (Å²) < 4.78 is 0. The van der Waals surface area contributed by atoms with E-state index in [1.165, 1.54) is 63.9 Å². The van der Waals surface area contributed by atoms with E-state index < -0.39 is 5.91 Å². The van der Waals surface area contributed by atoms with Gasteiger partial charge >= 0.3 is 0 Å². The largest absolute Gasteiger partial charge is 0.354 e. The molecule has 0 amide bonds. The number of halogens is 1. The zero-order valence-corrected chi connectivity index (χ0v) is 16.9. The molecule has 3 nitrogen and oxygen atoms in total. The Labute approximate surface area is 160 Å². The summed E-state index contributed by atoms with van der Waals surface area (Å²) in [6, 6.07) is 10.4. The predicted molar refractivity (Wildman–Crippen MR) is 109 cm³/mol. The van der Waals surface area contributed by atoms with Crippen molar-refractivity contribution in [3.63, 3.8) is 0 Å². The minimum absolute atomic E-state index is 0. The molecule has 0 saturated carbocycles. The van der Waals surface area contributed by atoms with Crippen molar-refractivity contribution >= 4 is 12.4 Å². The van der Waals surface area contributed by atoms with Gasteiger partial charge in [0, 0.05) is 13.0 Å². The SMILES string of the molecule is CCCCCCCCCCCC(Cc1ccccc1)NC(C)(O)O.Cl. The Morgan fingerprint density at radius 3 is 1.92 bits per heavy atom. The fourth-order valence-corrected chi connectivity index (χ4v) is 3.21. The lowest BCUT2D eigenvalue weighted by Crippen LogP contribution is -2.48. The highest BCUT2D eigenvalue weighted by molar-refractivity contribution is 5.85. The normalized spacial score (nSPS) is 12.6. The number of unbranched alkanes of at least 4 members (excludes halogenated alkanes) is 8. The van der Waals surface area contributed by atoms with Crippen molar-refractivity contribution in [3.8, 4) is 0 Å². The lowest BCUT2D eigenvalue weighted by molar-refractivity contribution is -0.176. The maximum absolute atomic E-state index is 9.65. The van der Waals surface area contributed by atoms with Crippen molar-refractivity contribution in [2.24, 2.45) is 0 Å². The maximum atomic E-state index is 9.65. The van der Waals surface area contributed by atoms with Crippen LogP contribution in [0.5, 0.6) is 0 Å². The Morgan fingerprint density at radius 1 is 0.880 bits per heavy atom. The second kappa shape index (κ2) is 14.5. The van der Waals surface area contributed by atoms with Gasteiger partial charge < -0.3 is 10.2 Å². The van der Waals surface area contributed by atoms with Gasteiger partial charge in [-0.3, -0.25) is 5.32 Å². The van der Waals surface area contributed by atoms with Crippen LogP contribution in [0, 0.1) is 0 Å². The molecule has 0 fully saturated rings. The highest BCUT2D eigenvalue weighted by Crippen LogP contribution is 2.14. The highest BCUT2D eigenvalue weighted by atomic mass is 35.5. The average Bonchev–Trinajstić information content (AvgIpc) is 2.52. The molecule has 0 saturated heterocycles. The molecule has 0 aliphatic heterocycles. The van der Waals surface area contributed by atoms with Crippen LogP contribution in [0.4, 0.5) is 0 Å². The van der Waals surface area contributed by atoms with Gasteiger partial charge in [-0.25, -0.2) is 0 Å². The summed E-state index contributed by atoms with van der Waals surface area (Å²) in [6.45, 7) is 3.64. The van der Waals surface area contributed by atoms with Gasteiger partial charge in [0.25, 0.3) is 0 Å². The summed E-state index contributed by atoms with van der Waals surface area (Å²) in [5.74, 6) is -1.81. The molecular weight excluding hydrogens is 334 g/mol. The number of rotatable bonds is 14. The minimum Gasteiger partial charge on any atom is -0.354 e. The number of hydrogen-bond acceptors (Lipinski definition) is 3. The lowest BCUT2D eigenvalue weighted by atomic mass is 9.99. The zero-order chi connectivity index (χ0) is 17.7. The summed E-state index contributed by atoms with van der Waals surface area (Å²) in [6.07, 6.45) is 13.6. The number of aliphatic hydroxyl groups is 2. The molecule has 1 aromatic rings. The van der Waals surface area contributed by atoms with Gasteiger partial charge in [-0.05, 0) is 18.4 Å². The Hall–Kier alpha value is -0.610. The molecule has 1 aromatic carbocycles. The molecule has 25 heavy (non-hydrogen) atoms. The van der Waals surface area contributed by atoms with Gasteiger partial charge in [0.15, 0.2) is 0 Å².